The molecule has 0 atom stereocenters. The lowest BCUT2D eigenvalue weighted by Gasteiger charge is -2.09. The van der Waals surface area contributed by atoms with Gasteiger partial charge >= 0.3 is 0 Å². The Labute approximate surface area is 84.7 Å². The number of halogens is 4. The van der Waals surface area contributed by atoms with Crippen LogP contribution in [0.5, 0.6) is 0 Å². The third-order valence-electron chi connectivity index (χ3n) is 1.68. The molecular weight excluding hydrogens is 219 g/mol. The summed E-state index contributed by atoms with van der Waals surface area (Å²) in [5, 5.41) is 0.00755. The first kappa shape index (κ1) is 10.7. The SMILES string of the molecule is Cc1ncc(CCl)c(C(F)F)c1Cl. The van der Waals surface area contributed by atoms with Crippen molar-refractivity contribution in [3.8, 4) is 0 Å². The minimum atomic E-state index is -2.61. The molecule has 0 fully saturated rings. The molecule has 0 aliphatic rings. The highest BCUT2D eigenvalue weighted by Gasteiger charge is 2.18. The van der Waals surface area contributed by atoms with Gasteiger partial charge in [0.25, 0.3) is 6.43 Å². The molecule has 1 heterocycles. The van der Waals surface area contributed by atoms with Gasteiger partial charge in [-0.2, -0.15) is 0 Å². The van der Waals surface area contributed by atoms with Crippen LogP contribution in [0.25, 0.3) is 0 Å². The largest absolute Gasteiger partial charge is 0.265 e. The molecule has 5 heteroatoms. The molecule has 0 aliphatic carbocycles. The Kier molecular flexibility index (Phi) is 3.45. The Morgan fingerprint density at radius 2 is 2.15 bits per heavy atom. The predicted octanol–water partition coefficient (Wildman–Crippen LogP) is 3.72. The molecule has 72 valence electrons. The highest BCUT2D eigenvalue weighted by Crippen LogP contribution is 2.32. The summed E-state index contributed by atoms with van der Waals surface area (Å²) in [5.41, 5.74) is 0.474. The van der Waals surface area contributed by atoms with E-state index in [1.165, 1.54) is 6.20 Å². The summed E-state index contributed by atoms with van der Waals surface area (Å²) in [6.45, 7) is 1.58. The zero-order valence-electron chi connectivity index (χ0n) is 6.82. The van der Waals surface area contributed by atoms with E-state index in [9.17, 15) is 8.78 Å². The van der Waals surface area contributed by atoms with Crippen molar-refractivity contribution in [2.75, 3.05) is 0 Å². The highest BCUT2D eigenvalue weighted by atomic mass is 35.5. The standard InChI is InChI=1S/C8H7Cl2F2N/c1-4-7(10)6(8(11)12)5(2-9)3-13-4/h3,8H,2H2,1H3. The Morgan fingerprint density at radius 3 is 2.62 bits per heavy atom. The van der Waals surface area contributed by atoms with Crippen molar-refractivity contribution < 1.29 is 8.78 Å². The molecular formula is C8H7Cl2F2N. The molecule has 0 N–H and O–H groups in total. The summed E-state index contributed by atoms with van der Waals surface area (Å²) in [5.74, 6) is -0.00727. The van der Waals surface area contributed by atoms with Gasteiger partial charge in [0.1, 0.15) is 0 Å². The molecule has 0 amide bonds. The van der Waals surface area contributed by atoms with E-state index in [2.05, 4.69) is 4.98 Å². The zero-order chi connectivity index (χ0) is 10.0. The fourth-order valence-electron chi connectivity index (χ4n) is 0.979. The van der Waals surface area contributed by atoms with Crippen molar-refractivity contribution in [3.05, 3.63) is 28.0 Å². The number of hydrogen-bond donors (Lipinski definition) is 0. The Balaban J connectivity index is 3.32. The van der Waals surface area contributed by atoms with Gasteiger partial charge < -0.3 is 0 Å². The van der Waals surface area contributed by atoms with Gasteiger partial charge in [-0.15, -0.1) is 11.6 Å². The summed E-state index contributed by atoms with van der Waals surface area (Å²) in [4.78, 5) is 3.84. The van der Waals surface area contributed by atoms with Gasteiger partial charge in [-0.25, -0.2) is 8.78 Å². The third-order valence-corrected chi connectivity index (χ3v) is 2.44. The quantitative estimate of drug-likeness (QED) is 0.700. The second-order valence-electron chi connectivity index (χ2n) is 2.53. The van der Waals surface area contributed by atoms with Gasteiger partial charge in [-0.3, -0.25) is 4.98 Å². The monoisotopic (exact) mass is 225 g/mol. The predicted molar refractivity (Wildman–Crippen MR) is 48.5 cm³/mol. The van der Waals surface area contributed by atoms with E-state index in [-0.39, 0.29) is 22.0 Å². The molecule has 1 aromatic heterocycles. The van der Waals surface area contributed by atoms with E-state index < -0.39 is 6.43 Å². The fraction of sp³-hybridized carbons (Fsp3) is 0.375. The van der Waals surface area contributed by atoms with Crippen molar-refractivity contribution in [1.82, 2.24) is 4.98 Å². The van der Waals surface area contributed by atoms with Crippen LogP contribution in [0.3, 0.4) is 0 Å². The van der Waals surface area contributed by atoms with Gasteiger partial charge in [0.2, 0.25) is 0 Å². The van der Waals surface area contributed by atoms with E-state index in [0.717, 1.165) is 0 Å². The molecule has 1 rings (SSSR count). The van der Waals surface area contributed by atoms with Crippen molar-refractivity contribution in [1.29, 1.82) is 0 Å². The number of rotatable bonds is 2. The number of aryl methyl sites for hydroxylation is 1. The van der Waals surface area contributed by atoms with Gasteiger partial charge in [0.15, 0.2) is 0 Å². The number of nitrogens with zero attached hydrogens (tertiary/aromatic N) is 1. The van der Waals surface area contributed by atoms with E-state index in [4.69, 9.17) is 23.2 Å². The lowest BCUT2D eigenvalue weighted by Crippen LogP contribution is -1.98. The van der Waals surface area contributed by atoms with Crippen molar-refractivity contribution >= 4 is 23.2 Å². The van der Waals surface area contributed by atoms with Crippen LogP contribution in [0.1, 0.15) is 23.2 Å². The van der Waals surface area contributed by atoms with Crippen LogP contribution >= 0.6 is 23.2 Å². The molecule has 0 aliphatic heterocycles. The summed E-state index contributed by atoms with van der Waals surface area (Å²) < 4.78 is 25.0. The second-order valence-corrected chi connectivity index (χ2v) is 3.18. The molecule has 0 bridgehead atoms. The van der Waals surface area contributed by atoms with Crippen molar-refractivity contribution in [2.45, 2.75) is 19.2 Å². The number of pyridine rings is 1. The van der Waals surface area contributed by atoms with Gasteiger partial charge in [-0.1, -0.05) is 11.6 Å². The van der Waals surface area contributed by atoms with Gasteiger partial charge in [-0.05, 0) is 12.5 Å². The third kappa shape index (κ3) is 2.09. The molecule has 0 aromatic carbocycles. The lowest BCUT2D eigenvalue weighted by molar-refractivity contribution is 0.150. The molecule has 0 radical (unpaired) electrons. The Morgan fingerprint density at radius 1 is 1.54 bits per heavy atom. The molecule has 0 spiro atoms. The number of aromatic nitrogens is 1. The smallest absolute Gasteiger partial charge is 0.260 e. The maximum absolute atomic E-state index is 12.5. The fourth-order valence-corrected chi connectivity index (χ4v) is 1.44. The van der Waals surface area contributed by atoms with Crippen LogP contribution in [-0.2, 0) is 5.88 Å². The van der Waals surface area contributed by atoms with E-state index in [1.54, 1.807) is 6.92 Å². The van der Waals surface area contributed by atoms with Crippen LogP contribution < -0.4 is 0 Å². The van der Waals surface area contributed by atoms with Crippen molar-refractivity contribution in [3.63, 3.8) is 0 Å². The van der Waals surface area contributed by atoms with E-state index in [1.807, 2.05) is 0 Å². The normalized spacial score (nSPS) is 10.9. The summed E-state index contributed by atoms with van der Waals surface area (Å²) in [6, 6.07) is 0. The number of alkyl halides is 3. The molecule has 0 saturated carbocycles. The second kappa shape index (κ2) is 4.20. The summed E-state index contributed by atoms with van der Waals surface area (Å²) in [7, 11) is 0. The first-order valence-corrected chi connectivity index (χ1v) is 4.47. The van der Waals surface area contributed by atoms with Crippen LogP contribution in [0, 0.1) is 6.92 Å². The van der Waals surface area contributed by atoms with Crippen LogP contribution in [-0.4, -0.2) is 4.98 Å². The maximum atomic E-state index is 12.5. The van der Waals surface area contributed by atoms with Crippen LogP contribution in [0.2, 0.25) is 5.02 Å². The van der Waals surface area contributed by atoms with Crippen molar-refractivity contribution in [2.24, 2.45) is 0 Å². The molecule has 0 saturated heterocycles. The first-order chi connectivity index (χ1) is 6.07. The number of hydrogen-bond acceptors (Lipinski definition) is 1. The highest BCUT2D eigenvalue weighted by molar-refractivity contribution is 6.32. The van der Waals surface area contributed by atoms with E-state index in [0.29, 0.717) is 5.69 Å². The minimum Gasteiger partial charge on any atom is -0.260 e. The topological polar surface area (TPSA) is 12.9 Å². The maximum Gasteiger partial charge on any atom is 0.265 e. The first-order valence-electron chi connectivity index (χ1n) is 3.56. The zero-order valence-corrected chi connectivity index (χ0v) is 8.33. The molecule has 1 nitrogen and oxygen atoms in total. The Hall–Kier alpha value is -0.410. The average Bonchev–Trinajstić information content (AvgIpc) is 2.08. The molecule has 0 unspecified atom stereocenters. The Bertz CT molecular complexity index is 315. The van der Waals surface area contributed by atoms with Gasteiger partial charge in [0, 0.05) is 17.6 Å². The lowest BCUT2D eigenvalue weighted by atomic mass is 10.1. The summed E-state index contributed by atoms with van der Waals surface area (Å²) in [6.07, 6.45) is -1.28. The van der Waals surface area contributed by atoms with Crippen LogP contribution in [0.15, 0.2) is 6.20 Å². The van der Waals surface area contributed by atoms with Gasteiger partial charge in [0.05, 0.1) is 10.7 Å². The molecule has 1 aromatic rings. The average molecular weight is 226 g/mol. The van der Waals surface area contributed by atoms with E-state index >= 15 is 0 Å². The minimum absolute atomic E-state index is 0.00727. The molecule has 13 heavy (non-hydrogen) atoms. The summed E-state index contributed by atoms with van der Waals surface area (Å²) >= 11 is 11.1. The van der Waals surface area contributed by atoms with Crippen LogP contribution in [0.4, 0.5) is 8.78 Å².